The van der Waals surface area contributed by atoms with Gasteiger partial charge in [-0.2, -0.15) is 0 Å². The second-order valence-corrected chi connectivity index (χ2v) is 4.39. The lowest BCUT2D eigenvalue weighted by molar-refractivity contribution is 0.537. The second kappa shape index (κ2) is 2.26. The summed E-state index contributed by atoms with van der Waals surface area (Å²) < 4.78 is 0.623. The highest BCUT2D eigenvalue weighted by Crippen LogP contribution is 2.27. The van der Waals surface area contributed by atoms with Crippen LogP contribution in [0.5, 0.6) is 0 Å². The van der Waals surface area contributed by atoms with Crippen molar-refractivity contribution in [2.45, 2.75) is 3.38 Å². The molecule has 40 valence electrons. The Morgan fingerprint density at radius 3 is 2.71 bits per heavy atom. The van der Waals surface area contributed by atoms with Gasteiger partial charge in [0.1, 0.15) is 3.38 Å². The summed E-state index contributed by atoms with van der Waals surface area (Å²) in [5.41, 5.74) is 0. The predicted octanol–water partition coefficient (Wildman–Crippen LogP) is 1.85. The number of rotatable bonds is 0. The molecule has 7 heavy (non-hydrogen) atoms. The average Bonchev–Trinajstić information content (AvgIpc) is 1.91. The monoisotopic (exact) mass is 227 g/mol. The summed E-state index contributed by atoms with van der Waals surface area (Å²) in [4.78, 5) is 2.17. The zero-order valence-electron chi connectivity index (χ0n) is 3.97. The zero-order valence-corrected chi connectivity index (χ0v) is 6.94. The molecule has 0 aromatic carbocycles. The molecule has 0 saturated heterocycles. The van der Waals surface area contributed by atoms with Crippen molar-refractivity contribution in [1.29, 1.82) is 0 Å². The van der Waals surface area contributed by atoms with Crippen LogP contribution in [0.25, 0.3) is 0 Å². The van der Waals surface area contributed by atoms with Crippen molar-refractivity contribution < 1.29 is 0 Å². The van der Waals surface area contributed by atoms with Crippen molar-refractivity contribution >= 4 is 34.4 Å². The fourth-order valence-corrected chi connectivity index (χ4v) is 1.71. The van der Waals surface area contributed by atoms with Crippen molar-refractivity contribution in [3.8, 4) is 0 Å². The third kappa shape index (κ3) is 1.25. The maximum atomic E-state index is 2.38. The average molecular weight is 227 g/mol. The summed E-state index contributed by atoms with van der Waals surface area (Å²) in [6, 6.07) is 0. The smallest absolute Gasteiger partial charge is 0.131 e. The summed E-state index contributed by atoms with van der Waals surface area (Å²) >= 11 is 4.22. The second-order valence-electron chi connectivity index (χ2n) is 1.38. The maximum absolute atomic E-state index is 2.38. The molecule has 1 unspecified atom stereocenters. The third-order valence-electron chi connectivity index (χ3n) is 0.807. The minimum absolute atomic E-state index is 0.623. The number of hydrogen-bond acceptors (Lipinski definition) is 2. The molecule has 1 aliphatic heterocycles. The van der Waals surface area contributed by atoms with Crippen molar-refractivity contribution in [2.24, 2.45) is 0 Å². The van der Waals surface area contributed by atoms with Crippen LogP contribution < -0.4 is 0 Å². The fourth-order valence-electron chi connectivity index (χ4n) is 0.360. The van der Waals surface area contributed by atoms with Crippen molar-refractivity contribution in [2.75, 3.05) is 7.05 Å². The minimum Gasteiger partial charge on any atom is -0.360 e. The van der Waals surface area contributed by atoms with Gasteiger partial charge in [0.15, 0.2) is 0 Å². The standard InChI is InChI=1S/C4H6INS/c1-6-2-3-7-4(6)5/h2-4H,1H3. The SMILES string of the molecule is CN1C=CSC1I. The predicted molar refractivity (Wildman–Crippen MR) is 42.3 cm³/mol. The van der Waals surface area contributed by atoms with E-state index >= 15 is 0 Å². The highest BCUT2D eigenvalue weighted by molar-refractivity contribution is 14.1. The van der Waals surface area contributed by atoms with E-state index < -0.39 is 0 Å². The molecule has 1 aliphatic rings. The molecular weight excluding hydrogens is 221 g/mol. The van der Waals surface area contributed by atoms with E-state index in [0.717, 1.165) is 0 Å². The van der Waals surface area contributed by atoms with Crippen LogP contribution in [0, 0.1) is 0 Å². The molecule has 0 spiro atoms. The lowest BCUT2D eigenvalue weighted by Gasteiger charge is -2.11. The molecule has 0 aromatic rings. The molecule has 3 heteroatoms. The van der Waals surface area contributed by atoms with Crippen LogP contribution >= 0.6 is 34.4 Å². The molecule has 0 saturated carbocycles. The van der Waals surface area contributed by atoms with Gasteiger partial charge in [0, 0.05) is 13.2 Å². The largest absolute Gasteiger partial charge is 0.360 e. The quantitative estimate of drug-likeness (QED) is 0.353. The van der Waals surface area contributed by atoms with Gasteiger partial charge >= 0.3 is 0 Å². The molecule has 1 heterocycles. The Labute approximate surface area is 61.3 Å². The van der Waals surface area contributed by atoms with Crippen LogP contribution in [0.2, 0.25) is 0 Å². The molecule has 0 N–H and O–H groups in total. The van der Waals surface area contributed by atoms with Crippen LogP contribution in [0.15, 0.2) is 11.6 Å². The van der Waals surface area contributed by atoms with Crippen molar-refractivity contribution in [3.63, 3.8) is 0 Å². The van der Waals surface area contributed by atoms with Crippen LogP contribution in [0.1, 0.15) is 0 Å². The van der Waals surface area contributed by atoms with E-state index in [9.17, 15) is 0 Å². The van der Waals surface area contributed by atoms with E-state index in [0.29, 0.717) is 3.38 Å². The summed E-state index contributed by atoms with van der Waals surface area (Å²) in [7, 11) is 2.08. The van der Waals surface area contributed by atoms with Gasteiger partial charge in [0.25, 0.3) is 0 Å². The first-order valence-corrected chi connectivity index (χ1v) is 4.18. The Morgan fingerprint density at radius 2 is 2.57 bits per heavy atom. The van der Waals surface area contributed by atoms with E-state index in [1.807, 2.05) is 11.8 Å². The molecule has 0 aromatic heterocycles. The van der Waals surface area contributed by atoms with Gasteiger partial charge in [-0.25, -0.2) is 0 Å². The topological polar surface area (TPSA) is 3.24 Å². The van der Waals surface area contributed by atoms with Crippen molar-refractivity contribution in [1.82, 2.24) is 4.90 Å². The molecular formula is C4H6INS. The van der Waals surface area contributed by atoms with Crippen LogP contribution in [0.3, 0.4) is 0 Å². The van der Waals surface area contributed by atoms with Gasteiger partial charge in [-0.1, -0.05) is 11.8 Å². The van der Waals surface area contributed by atoms with Gasteiger partial charge in [0.05, 0.1) is 0 Å². The van der Waals surface area contributed by atoms with E-state index in [1.165, 1.54) is 0 Å². The van der Waals surface area contributed by atoms with Gasteiger partial charge in [-0.05, 0) is 28.0 Å². The minimum atomic E-state index is 0.623. The highest BCUT2D eigenvalue weighted by Gasteiger charge is 2.09. The van der Waals surface area contributed by atoms with Gasteiger partial charge < -0.3 is 4.90 Å². The molecule has 0 amide bonds. The first kappa shape index (κ1) is 5.75. The van der Waals surface area contributed by atoms with Gasteiger partial charge in [0.2, 0.25) is 0 Å². The van der Waals surface area contributed by atoms with E-state index in [1.54, 1.807) is 0 Å². The summed E-state index contributed by atoms with van der Waals surface area (Å²) in [5, 5.41) is 2.11. The summed E-state index contributed by atoms with van der Waals surface area (Å²) in [6.45, 7) is 0. The number of nitrogens with zero attached hydrogens (tertiary/aromatic N) is 1. The lowest BCUT2D eigenvalue weighted by Crippen LogP contribution is -2.11. The molecule has 1 nitrogen and oxygen atoms in total. The Bertz CT molecular complexity index is 93.7. The molecule has 0 aliphatic carbocycles. The number of thioether (sulfide) groups is 1. The van der Waals surface area contributed by atoms with E-state index in [-0.39, 0.29) is 0 Å². The first-order valence-electron chi connectivity index (χ1n) is 1.99. The van der Waals surface area contributed by atoms with Crippen molar-refractivity contribution in [3.05, 3.63) is 11.6 Å². The third-order valence-corrected chi connectivity index (χ3v) is 3.40. The normalized spacial score (nSPS) is 29.4. The maximum Gasteiger partial charge on any atom is 0.131 e. The van der Waals surface area contributed by atoms with Crippen LogP contribution in [-0.2, 0) is 0 Å². The number of halogens is 1. The van der Waals surface area contributed by atoms with Crippen LogP contribution in [0.4, 0.5) is 0 Å². The summed E-state index contributed by atoms with van der Waals surface area (Å²) in [6.07, 6.45) is 2.09. The Morgan fingerprint density at radius 1 is 1.86 bits per heavy atom. The molecule has 0 bridgehead atoms. The van der Waals surface area contributed by atoms with Crippen LogP contribution in [-0.4, -0.2) is 15.3 Å². The Hall–Kier alpha value is 0.620. The molecule has 1 rings (SSSR count). The molecule has 0 fully saturated rings. The molecule has 0 radical (unpaired) electrons. The summed E-state index contributed by atoms with van der Waals surface area (Å²) in [5.74, 6) is 0. The number of hydrogen-bond donors (Lipinski definition) is 0. The van der Waals surface area contributed by atoms with E-state index in [4.69, 9.17) is 0 Å². The Kier molecular flexibility index (Phi) is 1.86. The van der Waals surface area contributed by atoms with E-state index in [2.05, 4.69) is 46.1 Å². The fraction of sp³-hybridized carbons (Fsp3) is 0.500. The highest BCUT2D eigenvalue weighted by atomic mass is 127. The first-order chi connectivity index (χ1) is 3.30. The van der Waals surface area contributed by atoms with Gasteiger partial charge in [-0.15, -0.1) is 0 Å². The number of alkyl halides is 1. The zero-order chi connectivity index (χ0) is 5.28. The molecule has 1 atom stereocenters. The lowest BCUT2D eigenvalue weighted by atomic mass is 10.9. The van der Waals surface area contributed by atoms with Gasteiger partial charge in [-0.3, -0.25) is 0 Å². The Balaban J connectivity index is 2.45.